The van der Waals surface area contributed by atoms with Gasteiger partial charge >= 0.3 is 0 Å². The molecule has 0 aromatic heterocycles. The second-order valence-electron chi connectivity index (χ2n) is 6.33. The molecule has 1 atom stereocenters. The molecule has 1 saturated carbocycles. The molecule has 0 radical (unpaired) electrons. The number of halogens is 1. The summed E-state index contributed by atoms with van der Waals surface area (Å²) in [7, 11) is -3.10. The number of carbonyl (C=O) groups is 1. The third kappa shape index (κ3) is 8.88. The molecule has 0 saturated heterocycles. The lowest BCUT2D eigenvalue weighted by Gasteiger charge is -2.37. The van der Waals surface area contributed by atoms with Gasteiger partial charge in [-0.25, -0.2) is 8.42 Å². The highest BCUT2D eigenvalue weighted by Gasteiger charge is 2.33. The van der Waals surface area contributed by atoms with Crippen LogP contribution < -0.4 is 11.1 Å². The number of hydrogen-bond donors (Lipinski definition) is 2. The molecule has 1 amide bonds. The average molecular weight is 371 g/mol. The van der Waals surface area contributed by atoms with E-state index < -0.39 is 15.9 Å². The zero-order chi connectivity index (χ0) is 16.6. The van der Waals surface area contributed by atoms with Gasteiger partial charge in [-0.3, -0.25) is 4.79 Å². The van der Waals surface area contributed by atoms with Gasteiger partial charge in [-0.05, 0) is 25.7 Å². The maximum Gasteiger partial charge on any atom is 0.237 e. The van der Waals surface area contributed by atoms with E-state index in [1.54, 1.807) is 0 Å². The summed E-state index contributed by atoms with van der Waals surface area (Å²) in [5.74, 6) is -0.368. The number of amides is 1. The zero-order valence-corrected chi connectivity index (χ0v) is 15.8. The van der Waals surface area contributed by atoms with E-state index in [9.17, 15) is 13.2 Å². The number of carbonyl (C=O) groups excluding carboxylic acids is 1. The van der Waals surface area contributed by atoms with E-state index in [1.807, 2.05) is 0 Å². The highest BCUT2D eigenvalue weighted by Crippen LogP contribution is 2.31. The number of nitrogens with two attached hydrogens (primary N) is 1. The molecule has 1 fully saturated rings. The molecule has 0 aromatic rings. The molecule has 6 nitrogen and oxygen atoms in total. The van der Waals surface area contributed by atoms with Crippen LogP contribution in [0, 0.1) is 0 Å². The Hall–Kier alpha value is -0.370. The van der Waals surface area contributed by atoms with Crippen molar-refractivity contribution in [1.29, 1.82) is 0 Å². The number of nitrogens with one attached hydrogen (secondary N) is 1. The standard InChI is InChI=1S/C15H30N2O4S.ClH/c1-3-10-21-15(8-5-4-6-9-15)12-17-14(18)13(16)7-11-22(2,19)20;/h13H,3-12,16H2,1-2H3,(H,17,18);1H. The molecule has 1 aliphatic carbocycles. The molecule has 0 aliphatic heterocycles. The molecule has 0 aromatic carbocycles. The van der Waals surface area contributed by atoms with Crippen molar-refractivity contribution in [1.82, 2.24) is 5.32 Å². The average Bonchev–Trinajstić information content (AvgIpc) is 2.48. The van der Waals surface area contributed by atoms with Gasteiger partial charge in [0.25, 0.3) is 0 Å². The number of rotatable bonds is 9. The first-order valence-electron chi connectivity index (χ1n) is 8.13. The van der Waals surface area contributed by atoms with Gasteiger partial charge in [-0.15, -0.1) is 12.4 Å². The fourth-order valence-electron chi connectivity index (χ4n) is 2.74. The van der Waals surface area contributed by atoms with E-state index in [0.717, 1.165) is 38.4 Å². The van der Waals surface area contributed by atoms with Crippen LogP contribution in [0.3, 0.4) is 0 Å². The minimum atomic E-state index is -3.10. The molecule has 23 heavy (non-hydrogen) atoms. The highest BCUT2D eigenvalue weighted by atomic mass is 35.5. The lowest BCUT2D eigenvalue weighted by Crippen LogP contribution is -2.50. The van der Waals surface area contributed by atoms with Crippen LogP contribution >= 0.6 is 12.4 Å². The van der Waals surface area contributed by atoms with Gasteiger partial charge in [0.05, 0.1) is 17.4 Å². The Labute approximate surface area is 146 Å². The molecule has 138 valence electrons. The summed E-state index contributed by atoms with van der Waals surface area (Å²) < 4.78 is 28.3. The van der Waals surface area contributed by atoms with Gasteiger partial charge < -0.3 is 15.8 Å². The first kappa shape index (κ1) is 22.6. The molecule has 3 N–H and O–H groups in total. The van der Waals surface area contributed by atoms with E-state index in [1.165, 1.54) is 6.42 Å². The number of sulfone groups is 1. The maximum absolute atomic E-state index is 12.0. The SMILES string of the molecule is CCCOC1(CNC(=O)C(N)CCS(C)(=O)=O)CCCCC1.Cl. The van der Waals surface area contributed by atoms with Crippen LogP contribution in [0.5, 0.6) is 0 Å². The van der Waals surface area contributed by atoms with Crippen molar-refractivity contribution in [2.24, 2.45) is 5.73 Å². The van der Waals surface area contributed by atoms with Crippen molar-refractivity contribution >= 4 is 28.2 Å². The topological polar surface area (TPSA) is 98.5 Å². The fourth-order valence-corrected chi connectivity index (χ4v) is 3.42. The summed E-state index contributed by atoms with van der Waals surface area (Å²) in [6, 6.07) is -0.790. The van der Waals surface area contributed by atoms with Crippen molar-refractivity contribution in [2.75, 3.05) is 25.2 Å². The van der Waals surface area contributed by atoms with Gasteiger partial charge in [-0.2, -0.15) is 0 Å². The van der Waals surface area contributed by atoms with Crippen LogP contribution in [0.1, 0.15) is 51.9 Å². The normalized spacial score (nSPS) is 18.7. The Bertz CT molecular complexity index is 450. The van der Waals surface area contributed by atoms with Crippen LogP contribution in [-0.2, 0) is 19.4 Å². The summed E-state index contributed by atoms with van der Waals surface area (Å²) >= 11 is 0. The molecule has 8 heteroatoms. The fraction of sp³-hybridized carbons (Fsp3) is 0.933. The Morgan fingerprint density at radius 3 is 2.43 bits per heavy atom. The number of ether oxygens (including phenoxy) is 1. The third-order valence-electron chi connectivity index (χ3n) is 4.10. The second kappa shape index (κ2) is 10.5. The molecule has 0 heterocycles. The van der Waals surface area contributed by atoms with Gasteiger partial charge in [0.15, 0.2) is 0 Å². The Balaban J connectivity index is 0.00000484. The molecule has 0 spiro atoms. The van der Waals surface area contributed by atoms with Crippen molar-refractivity contribution < 1.29 is 17.9 Å². The lowest BCUT2D eigenvalue weighted by molar-refractivity contribution is -0.125. The van der Waals surface area contributed by atoms with E-state index in [4.69, 9.17) is 10.5 Å². The minimum absolute atomic E-state index is 0. The van der Waals surface area contributed by atoms with Crippen LogP contribution in [0.4, 0.5) is 0 Å². The summed E-state index contributed by atoms with van der Waals surface area (Å²) in [6.07, 6.45) is 7.57. The maximum atomic E-state index is 12.0. The van der Waals surface area contributed by atoms with Crippen LogP contribution in [0.15, 0.2) is 0 Å². The predicted octanol–water partition coefficient (Wildman–Crippen LogP) is 1.42. The van der Waals surface area contributed by atoms with E-state index in [-0.39, 0.29) is 36.1 Å². The van der Waals surface area contributed by atoms with Crippen molar-refractivity contribution in [2.45, 2.75) is 63.5 Å². The Morgan fingerprint density at radius 1 is 1.30 bits per heavy atom. The summed E-state index contributed by atoms with van der Waals surface area (Å²) in [6.45, 7) is 3.21. The molecule has 1 rings (SSSR count). The summed E-state index contributed by atoms with van der Waals surface area (Å²) in [5, 5.41) is 2.85. The zero-order valence-electron chi connectivity index (χ0n) is 14.2. The third-order valence-corrected chi connectivity index (χ3v) is 5.08. The molecule has 0 bridgehead atoms. The first-order valence-corrected chi connectivity index (χ1v) is 10.2. The lowest BCUT2D eigenvalue weighted by atomic mass is 9.84. The molecule has 1 aliphatic rings. The minimum Gasteiger partial charge on any atom is -0.373 e. The quantitative estimate of drug-likeness (QED) is 0.639. The number of hydrogen-bond acceptors (Lipinski definition) is 5. The van der Waals surface area contributed by atoms with Gasteiger partial charge in [-0.1, -0.05) is 26.2 Å². The van der Waals surface area contributed by atoms with Crippen LogP contribution in [0.2, 0.25) is 0 Å². The van der Waals surface area contributed by atoms with Gasteiger partial charge in [0, 0.05) is 19.4 Å². The highest BCUT2D eigenvalue weighted by molar-refractivity contribution is 7.90. The molecular weight excluding hydrogens is 340 g/mol. The monoisotopic (exact) mass is 370 g/mol. The van der Waals surface area contributed by atoms with E-state index in [0.29, 0.717) is 13.2 Å². The molecule has 1 unspecified atom stereocenters. The van der Waals surface area contributed by atoms with Crippen LogP contribution in [-0.4, -0.2) is 51.1 Å². The van der Waals surface area contributed by atoms with Crippen LogP contribution in [0.25, 0.3) is 0 Å². The van der Waals surface area contributed by atoms with Crippen molar-refractivity contribution in [3.8, 4) is 0 Å². The van der Waals surface area contributed by atoms with Crippen molar-refractivity contribution in [3.05, 3.63) is 0 Å². The molecular formula is C15H31ClN2O4S. The Morgan fingerprint density at radius 2 is 1.91 bits per heavy atom. The Kier molecular flexibility index (Phi) is 10.3. The van der Waals surface area contributed by atoms with Crippen molar-refractivity contribution in [3.63, 3.8) is 0 Å². The van der Waals surface area contributed by atoms with Gasteiger partial charge in [0.2, 0.25) is 5.91 Å². The smallest absolute Gasteiger partial charge is 0.237 e. The summed E-state index contributed by atoms with van der Waals surface area (Å²) in [5.41, 5.74) is 5.49. The predicted molar refractivity (Wildman–Crippen MR) is 94.6 cm³/mol. The summed E-state index contributed by atoms with van der Waals surface area (Å²) in [4.78, 5) is 12.0. The van der Waals surface area contributed by atoms with E-state index in [2.05, 4.69) is 12.2 Å². The van der Waals surface area contributed by atoms with Gasteiger partial charge in [0.1, 0.15) is 9.84 Å². The van der Waals surface area contributed by atoms with E-state index >= 15 is 0 Å². The second-order valence-corrected chi connectivity index (χ2v) is 8.59. The first-order chi connectivity index (χ1) is 10.3. The largest absolute Gasteiger partial charge is 0.373 e.